The molecule has 0 spiro atoms. The number of nitrogens with zero attached hydrogens (tertiary/aromatic N) is 2. The van der Waals surface area contributed by atoms with Gasteiger partial charge in [0.25, 0.3) is 0 Å². The molecule has 1 unspecified atom stereocenters. The number of imide groups is 1. The number of likely N-dealkylation sites (tertiary alicyclic amines) is 1. The van der Waals surface area contributed by atoms with Gasteiger partial charge >= 0.3 is 6.16 Å². The average Bonchev–Trinajstić information content (AvgIpc) is 2.70. The molecule has 2 rings (SSSR count). The van der Waals surface area contributed by atoms with E-state index in [1.807, 2.05) is 27.7 Å². The zero-order chi connectivity index (χ0) is 16.6. The fraction of sp³-hybridized carbons (Fsp3) is 0.769. The van der Waals surface area contributed by atoms with Crippen LogP contribution in [0.25, 0.3) is 0 Å². The Morgan fingerprint density at radius 3 is 1.76 bits per heavy atom. The molecule has 0 radical (unpaired) electrons. The second-order valence-corrected chi connectivity index (χ2v) is 6.44. The standard InChI is InChI=1S/C12H20N2O3.CH2O3/c1-11(2)7-8(12(3,4)14(11)17)13-9(15)5-6-10(13)16;2-1(3)4/h8,17H,5-7H2,1-4H3;(H2,2,3,4). The predicted octanol–water partition coefficient (Wildman–Crippen LogP) is 1.38. The molecule has 2 amide bonds. The van der Waals surface area contributed by atoms with E-state index < -0.39 is 17.2 Å². The molecule has 120 valence electrons. The summed E-state index contributed by atoms with van der Waals surface area (Å²) in [5.41, 5.74) is -1.02. The first-order valence-electron chi connectivity index (χ1n) is 6.67. The number of hydrogen-bond donors (Lipinski definition) is 3. The lowest BCUT2D eigenvalue weighted by atomic mass is 9.93. The summed E-state index contributed by atoms with van der Waals surface area (Å²) in [5, 5.41) is 25.4. The highest BCUT2D eigenvalue weighted by Crippen LogP contribution is 2.42. The highest BCUT2D eigenvalue weighted by atomic mass is 16.6. The van der Waals surface area contributed by atoms with Gasteiger partial charge in [0.2, 0.25) is 11.8 Å². The van der Waals surface area contributed by atoms with E-state index in [9.17, 15) is 14.8 Å². The fourth-order valence-electron chi connectivity index (χ4n) is 3.08. The SMILES string of the molecule is CC1(C)CC(N2C(=O)CCC2=O)C(C)(C)N1O.O=C(O)O. The third-order valence-electron chi connectivity index (χ3n) is 4.03. The molecule has 1 atom stereocenters. The van der Waals surface area contributed by atoms with Crippen molar-refractivity contribution in [3.05, 3.63) is 0 Å². The Balaban J connectivity index is 0.000000491. The average molecular weight is 302 g/mol. The van der Waals surface area contributed by atoms with Crippen LogP contribution in [0.15, 0.2) is 0 Å². The largest absolute Gasteiger partial charge is 0.503 e. The molecule has 8 nitrogen and oxygen atoms in total. The smallest absolute Gasteiger partial charge is 0.450 e. The molecule has 3 N–H and O–H groups in total. The molecule has 2 heterocycles. The fourth-order valence-corrected chi connectivity index (χ4v) is 3.08. The number of carbonyl (C=O) groups excluding carboxylic acids is 2. The quantitative estimate of drug-likeness (QED) is 0.626. The minimum absolute atomic E-state index is 0.112. The van der Waals surface area contributed by atoms with Crippen LogP contribution in [-0.4, -0.2) is 60.5 Å². The van der Waals surface area contributed by atoms with Crippen LogP contribution < -0.4 is 0 Å². The molecule has 0 aromatic rings. The summed E-state index contributed by atoms with van der Waals surface area (Å²) in [6.07, 6.45) is -0.622. The summed E-state index contributed by atoms with van der Waals surface area (Å²) in [5.74, 6) is -0.224. The molecular formula is C13H22N2O6. The van der Waals surface area contributed by atoms with E-state index in [4.69, 9.17) is 15.0 Å². The van der Waals surface area contributed by atoms with Gasteiger partial charge in [0.1, 0.15) is 0 Å². The van der Waals surface area contributed by atoms with Crippen LogP contribution in [0.5, 0.6) is 0 Å². The second-order valence-electron chi connectivity index (χ2n) is 6.44. The normalized spacial score (nSPS) is 27.5. The molecule has 2 aliphatic rings. The van der Waals surface area contributed by atoms with Gasteiger partial charge in [-0.1, -0.05) is 0 Å². The minimum atomic E-state index is -1.83. The van der Waals surface area contributed by atoms with Crippen LogP contribution in [0.2, 0.25) is 0 Å². The maximum absolute atomic E-state index is 11.8. The lowest BCUT2D eigenvalue weighted by molar-refractivity contribution is -0.198. The van der Waals surface area contributed by atoms with Crippen molar-refractivity contribution >= 4 is 18.0 Å². The summed E-state index contributed by atoms with van der Waals surface area (Å²) >= 11 is 0. The van der Waals surface area contributed by atoms with Crippen molar-refractivity contribution < 1.29 is 29.8 Å². The number of carbonyl (C=O) groups is 3. The van der Waals surface area contributed by atoms with Crippen LogP contribution in [0.4, 0.5) is 4.79 Å². The van der Waals surface area contributed by atoms with Crippen molar-refractivity contribution in [3.8, 4) is 0 Å². The third kappa shape index (κ3) is 3.33. The molecule has 2 saturated heterocycles. The summed E-state index contributed by atoms with van der Waals surface area (Å²) in [6, 6.07) is -0.245. The van der Waals surface area contributed by atoms with Gasteiger partial charge in [0.15, 0.2) is 0 Å². The van der Waals surface area contributed by atoms with Crippen LogP contribution >= 0.6 is 0 Å². The molecule has 21 heavy (non-hydrogen) atoms. The van der Waals surface area contributed by atoms with Gasteiger partial charge in [-0.15, -0.1) is 0 Å². The van der Waals surface area contributed by atoms with E-state index in [0.29, 0.717) is 19.3 Å². The molecule has 0 aromatic heterocycles. The summed E-state index contributed by atoms with van der Waals surface area (Å²) in [7, 11) is 0. The molecule has 0 saturated carbocycles. The molecular weight excluding hydrogens is 280 g/mol. The number of carboxylic acid groups (broad SMARTS) is 2. The number of amides is 2. The van der Waals surface area contributed by atoms with Gasteiger partial charge in [-0.25, -0.2) is 4.79 Å². The van der Waals surface area contributed by atoms with E-state index in [1.165, 1.54) is 9.96 Å². The Morgan fingerprint density at radius 2 is 1.48 bits per heavy atom. The van der Waals surface area contributed by atoms with Gasteiger partial charge in [0.05, 0.1) is 11.6 Å². The van der Waals surface area contributed by atoms with E-state index >= 15 is 0 Å². The molecule has 0 aromatic carbocycles. The van der Waals surface area contributed by atoms with Crippen LogP contribution in [0, 0.1) is 0 Å². The van der Waals surface area contributed by atoms with Gasteiger partial charge in [-0.3, -0.25) is 14.5 Å². The van der Waals surface area contributed by atoms with E-state index in [-0.39, 0.29) is 17.9 Å². The first-order chi connectivity index (χ1) is 9.41. The Hall–Kier alpha value is -1.67. The van der Waals surface area contributed by atoms with Crippen molar-refractivity contribution in [2.45, 2.75) is 64.1 Å². The van der Waals surface area contributed by atoms with Crippen molar-refractivity contribution in [2.24, 2.45) is 0 Å². The second kappa shape index (κ2) is 5.61. The Bertz CT molecular complexity index is 440. The van der Waals surface area contributed by atoms with Gasteiger partial charge in [-0.2, -0.15) is 5.06 Å². The zero-order valence-corrected chi connectivity index (χ0v) is 12.7. The number of rotatable bonds is 1. The van der Waals surface area contributed by atoms with Gasteiger partial charge < -0.3 is 15.4 Å². The van der Waals surface area contributed by atoms with Gasteiger partial charge in [-0.05, 0) is 34.1 Å². The summed E-state index contributed by atoms with van der Waals surface area (Å²) < 4.78 is 0. The van der Waals surface area contributed by atoms with Crippen molar-refractivity contribution in [1.29, 1.82) is 0 Å². The first-order valence-corrected chi connectivity index (χ1v) is 6.67. The molecule has 8 heteroatoms. The van der Waals surface area contributed by atoms with E-state index in [0.717, 1.165) is 0 Å². The number of hydroxylamine groups is 2. The summed E-state index contributed by atoms with van der Waals surface area (Å²) in [6.45, 7) is 7.57. The van der Waals surface area contributed by atoms with E-state index in [2.05, 4.69) is 0 Å². The van der Waals surface area contributed by atoms with Crippen molar-refractivity contribution in [3.63, 3.8) is 0 Å². The van der Waals surface area contributed by atoms with Gasteiger partial charge in [0, 0.05) is 18.4 Å². The summed E-state index contributed by atoms with van der Waals surface area (Å²) in [4.78, 5) is 33.5. The first kappa shape index (κ1) is 17.4. The molecule has 2 fully saturated rings. The Labute approximate surface area is 122 Å². The molecule has 2 aliphatic heterocycles. The van der Waals surface area contributed by atoms with Crippen molar-refractivity contribution in [2.75, 3.05) is 0 Å². The topological polar surface area (TPSA) is 118 Å². The van der Waals surface area contributed by atoms with Crippen LogP contribution in [-0.2, 0) is 9.59 Å². The highest BCUT2D eigenvalue weighted by molar-refractivity contribution is 6.02. The minimum Gasteiger partial charge on any atom is -0.450 e. The Kier molecular flexibility index (Phi) is 4.64. The third-order valence-corrected chi connectivity index (χ3v) is 4.03. The van der Waals surface area contributed by atoms with Crippen LogP contribution in [0.1, 0.15) is 47.0 Å². The highest BCUT2D eigenvalue weighted by Gasteiger charge is 2.56. The molecule has 0 bridgehead atoms. The lowest BCUT2D eigenvalue weighted by Crippen LogP contribution is -2.54. The Morgan fingerprint density at radius 1 is 1.10 bits per heavy atom. The zero-order valence-electron chi connectivity index (χ0n) is 12.7. The maximum Gasteiger partial charge on any atom is 0.503 e. The monoisotopic (exact) mass is 302 g/mol. The molecule has 0 aliphatic carbocycles. The lowest BCUT2D eigenvalue weighted by Gasteiger charge is -2.37. The predicted molar refractivity (Wildman–Crippen MR) is 71.9 cm³/mol. The van der Waals surface area contributed by atoms with Crippen LogP contribution in [0.3, 0.4) is 0 Å². The van der Waals surface area contributed by atoms with Crippen molar-refractivity contribution in [1.82, 2.24) is 9.96 Å². The number of hydrogen-bond acceptors (Lipinski definition) is 5. The maximum atomic E-state index is 11.8. The van der Waals surface area contributed by atoms with E-state index in [1.54, 1.807) is 0 Å².